The zero-order chi connectivity index (χ0) is 10.7. The van der Waals surface area contributed by atoms with Gasteiger partial charge in [0.2, 0.25) is 0 Å². The molecule has 1 aromatic carbocycles. The largest absolute Gasteiger partial charge is 0.504 e. The third kappa shape index (κ3) is 2.05. The van der Waals surface area contributed by atoms with Crippen LogP contribution >= 0.6 is 0 Å². The number of carbonyl (C=O) groups excluding carboxylic acids is 1. The van der Waals surface area contributed by atoms with Crippen LogP contribution in [0.2, 0.25) is 0 Å². The summed E-state index contributed by atoms with van der Waals surface area (Å²) in [6.07, 6.45) is 1.72. The third-order valence-electron chi connectivity index (χ3n) is 2.07. The number of hydrogen-bond acceptors (Lipinski definition) is 3. The summed E-state index contributed by atoms with van der Waals surface area (Å²) in [7, 11) is 0. The Kier molecular flexibility index (Phi) is 3.12. The Morgan fingerprint density at radius 2 is 2.00 bits per heavy atom. The van der Waals surface area contributed by atoms with Crippen LogP contribution in [0.4, 0.5) is 0 Å². The second-order valence-corrected chi connectivity index (χ2v) is 3.32. The molecule has 0 spiro atoms. The highest BCUT2D eigenvalue weighted by molar-refractivity contribution is 5.97. The molecule has 3 nitrogen and oxygen atoms in total. The van der Waals surface area contributed by atoms with Crippen LogP contribution < -0.4 is 0 Å². The Bertz CT molecular complexity index is 356. The monoisotopic (exact) mass is 194 g/mol. The molecule has 0 heterocycles. The molecule has 3 heteroatoms. The van der Waals surface area contributed by atoms with E-state index in [-0.39, 0.29) is 22.8 Å². The van der Waals surface area contributed by atoms with Crippen LogP contribution in [0.15, 0.2) is 12.1 Å². The van der Waals surface area contributed by atoms with Crippen molar-refractivity contribution in [3.05, 3.63) is 23.3 Å². The minimum Gasteiger partial charge on any atom is -0.504 e. The molecule has 76 valence electrons. The number of carbonyl (C=O) groups is 1. The van der Waals surface area contributed by atoms with E-state index >= 15 is 0 Å². The second-order valence-electron chi connectivity index (χ2n) is 3.32. The lowest BCUT2D eigenvalue weighted by Gasteiger charge is -2.06. The molecule has 0 aliphatic carbocycles. The van der Waals surface area contributed by atoms with Gasteiger partial charge in [0.1, 0.15) is 0 Å². The molecular formula is C11H14O3. The summed E-state index contributed by atoms with van der Waals surface area (Å²) in [5.41, 5.74) is 1.06. The van der Waals surface area contributed by atoms with Crippen molar-refractivity contribution in [2.75, 3.05) is 0 Å². The molecule has 14 heavy (non-hydrogen) atoms. The Morgan fingerprint density at radius 3 is 2.50 bits per heavy atom. The topological polar surface area (TPSA) is 57.5 Å². The van der Waals surface area contributed by atoms with Crippen molar-refractivity contribution < 1.29 is 15.0 Å². The van der Waals surface area contributed by atoms with E-state index in [1.807, 2.05) is 6.92 Å². The van der Waals surface area contributed by atoms with Crippen molar-refractivity contribution >= 4 is 5.78 Å². The van der Waals surface area contributed by atoms with Crippen molar-refractivity contribution in [1.29, 1.82) is 0 Å². The predicted octanol–water partition coefficient (Wildman–Crippen LogP) is 2.25. The first-order chi connectivity index (χ1) is 6.56. The molecule has 0 atom stereocenters. The van der Waals surface area contributed by atoms with Crippen molar-refractivity contribution in [2.45, 2.75) is 26.7 Å². The Morgan fingerprint density at radius 1 is 1.36 bits per heavy atom. The molecule has 1 rings (SSSR count). The zero-order valence-electron chi connectivity index (χ0n) is 8.37. The molecular weight excluding hydrogens is 180 g/mol. The van der Waals surface area contributed by atoms with Gasteiger partial charge < -0.3 is 10.2 Å². The summed E-state index contributed by atoms with van der Waals surface area (Å²) in [5, 5.41) is 18.7. The smallest absolute Gasteiger partial charge is 0.168 e. The molecule has 0 radical (unpaired) electrons. The minimum atomic E-state index is -0.322. The van der Waals surface area contributed by atoms with Gasteiger partial charge in [0.25, 0.3) is 0 Å². The van der Waals surface area contributed by atoms with Gasteiger partial charge in [-0.1, -0.05) is 13.3 Å². The van der Waals surface area contributed by atoms with Crippen LogP contribution in [-0.2, 0) is 6.42 Å². The molecule has 0 saturated heterocycles. The summed E-state index contributed by atoms with van der Waals surface area (Å²) in [5.74, 6) is -0.783. The predicted molar refractivity (Wildman–Crippen MR) is 53.8 cm³/mol. The van der Waals surface area contributed by atoms with Crippen LogP contribution in [0.1, 0.15) is 36.2 Å². The fraction of sp³-hybridized carbons (Fsp3) is 0.364. The maximum Gasteiger partial charge on any atom is 0.168 e. The highest BCUT2D eigenvalue weighted by Gasteiger charge is 2.12. The van der Waals surface area contributed by atoms with Gasteiger partial charge in [-0.15, -0.1) is 0 Å². The fourth-order valence-electron chi connectivity index (χ4n) is 1.38. The summed E-state index contributed by atoms with van der Waals surface area (Å²) in [4.78, 5) is 11.1. The number of aryl methyl sites for hydroxylation is 1. The highest BCUT2D eigenvalue weighted by atomic mass is 16.3. The molecule has 0 fully saturated rings. The van der Waals surface area contributed by atoms with E-state index in [1.54, 1.807) is 6.07 Å². The van der Waals surface area contributed by atoms with Gasteiger partial charge in [-0.2, -0.15) is 0 Å². The van der Waals surface area contributed by atoms with Crippen LogP contribution in [-0.4, -0.2) is 16.0 Å². The molecule has 2 N–H and O–H groups in total. The van der Waals surface area contributed by atoms with Gasteiger partial charge in [0.15, 0.2) is 17.3 Å². The first kappa shape index (κ1) is 10.6. The number of hydrogen-bond donors (Lipinski definition) is 2. The maximum atomic E-state index is 11.1. The number of aromatic hydroxyl groups is 2. The molecule has 0 bridgehead atoms. The molecule has 0 aliphatic rings. The molecule has 0 aromatic heterocycles. The van der Waals surface area contributed by atoms with Crippen LogP contribution in [0.5, 0.6) is 11.5 Å². The molecule has 0 aliphatic heterocycles. The van der Waals surface area contributed by atoms with Gasteiger partial charge in [0.05, 0.1) is 5.56 Å². The van der Waals surface area contributed by atoms with E-state index in [9.17, 15) is 15.0 Å². The van der Waals surface area contributed by atoms with E-state index in [2.05, 4.69) is 0 Å². The fourth-order valence-corrected chi connectivity index (χ4v) is 1.38. The van der Waals surface area contributed by atoms with Crippen molar-refractivity contribution in [3.63, 3.8) is 0 Å². The van der Waals surface area contributed by atoms with Crippen molar-refractivity contribution in [3.8, 4) is 11.5 Å². The number of phenolic OH excluding ortho intramolecular Hbond substituents is 2. The van der Waals surface area contributed by atoms with E-state index in [0.29, 0.717) is 0 Å². The summed E-state index contributed by atoms with van der Waals surface area (Å²) in [6.45, 7) is 3.38. The number of Topliss-reactive ketones (excluding diaryl/α,β-unsaturated/α-hetero) is 1. The average Bonchev–Trinajstić information content (AvgIpc) is 2.11. The molecule has 0 amide bonds. The standard InChI is InChI=1S/C11H14O3/c1-3-4-8-5-9(7(2)12)11(14)10(13)6-8/h5-6,13-14H,3-4H2,1-2H3. The minimum absolute atomic E-state index is 0.188. The van der Waals surface area contributed by atoms with Gasteiger partial charge in [0, 0.05) is 0 Å². The van der Waals surface area contributed by atoms with E-state index < -0.39 is 0 Å². The SMILES string of the molecule is CCCc1cc(O)c(O)c(C(C)=O)c1. The third-order valence-corrected chi connectivity index (χ3v) is 2.07. The van der Waals surface area contributed by atoms with Crippen LogP contribution in [0, 0.1) is 0 Å². The Labute approximate surface area is 83.0 Å². The number of ketones is 1. The maximum absolute atomic E-state index is 11.1. The Hall–Kier alpha value is -1.51. The first-order valence-electron chi connectivity index (χ1n) is 4.62. The highest BCUT2D eigenvalue weighted by Crippen LogP contribution is 2.31. The van der Waals surface area contributed by atoms with Crippen molar-refractivity contribution in [1.82, 2.24) is 0 Å². The average molecular weight is 194 g/mol. The van der Waals surface area contributed by atoms with Crippen LogP contribution in [0.25, 0.3) is 0 Å². The van der Waals surface area contributed by atoms with Gasteiger partial charge >= 0.3 is 0 Å². The van der Waals surface area contributed by atoms with Crippen LogP contribution in [0.3, 0.4) is 0 Å². The quantitative estimate of drug-likeness (QED) is 0.573. The molecule has 1 aromatic rings. The summed E-state index contributed by atoms with van der Waals surface area (Å²) < 4.78 is 0. The Balaban J connectivity index is 3.21. The van der Waals surface area contributed by atoms with Gasteiger partial charge in [-0.25, -0.2) is 0 Å². The lowest BCUT2D eigenvalue weighted by atomic mass is 10.0. The van der Waals surface area contributed by atoms with Gasteiger partial charge in [-0.3, -0.25) is 4.79 Å². The molecule has 0 saturated carbocycles. The van der Waals surface area contributed by atoms with E-state index in [4.69, 9.17) is 0 Å². The normalized spacial score (nSPS) is 10.1. The zero-order valence-corrected chi connectivity index (χ0v) is 8.37. The lowest BCUT2D eigenvalue weighted by molar-refractivity contribution is 0.101. The summed E-state index contributed by atoms with van der Waals surface area (Å²) >= 11 is 0. The molecule has 0 unspecified atom stereocenters. The van der Waals surface area contributed by atoms with E-state index in [0.717, 1.165) is 18.4 Å². The summed E-state index contributed by atoms with van der Waals surface area (Å²) in [6, 6.07) is 3.12. The van der Waals surface area contributed by atoms with Gasteiger partial charge in [-0.05, 0) is 31.0 Å². The number of rotatable bonds is 3. The lowest BCUT2D eigenvalue weighted by Crippen LogP contribution is -1.95. The number of benzene rings is 1. The van der Waals surface area contributed by atoms with Crippen molar-refractivity contribution in [2.24, 2.45) is 0 Å². The second kappa shape index (κ2) is 4.13. The van der Waals surface area contributed by atoms with E-state index in [1.165, 1.54) is 13.0 Å². The first-order valence-corrected chi connectivity index (χ1v) is 4.62. The number of phenols is 2.